The summed E-state index contributed by atoms with van der Waals surface area (Å²) < 4.78 is 0. The molecule has 0 unspecified atom stereocenters. The van der Waals surface area contributed by atoms with Crippen LogP contribution in [-0.4, -0.2) is 13.6 Å². The van der Waals surface area contributed by atoms with Crippen molar-refractivity contribution in [3.8, 4) is 0 Å². The first-order chi connectivity index (χ1) is 6.27. The Hall–Kier alpha value is -1.48. The van der Waals surface area contributed by atoms with E-state index in [2.05, 4.69) is 5.32 Å². The zero-order valence-electron chi connectivity index (χ0n) is 7.75. The van der Waals surface area contributed by atoms with E-state index < -0.39 is 0 Å². The van der Waals surface area contributed by atoms with Crippen molar-refractivity contribution in [2.24, 2.45) is 5.73 Å². The van der Waals surface area contributed by atoms with Crippen molar-refractivity contribution in [2.75, 3.05) is 19.3 Å². The number of rotatable bonds is 3. The van der Waals surface area contributed by atoms with Gasteiger partial charge >= 0.3 is 0 Å². The van der Waals surface area contributed by atoms with Crippen molar-refractivity contribution in [2.45, 2.75) is 0 Å². The van der Waals surface area contributed by atoms with Gasteiger partial charge in [-0.05, 0) is 23.3 Å². The lowest BCUT2D eigenvalue weighted by Gasteiger charge is -2.04. The Bertz CT molecular complexity index is 288. The normalized spacial score (nSPS) is 11.4. The van der Waals surface area contributed by atoms with Gasteiger partial charge in [0.05, 0.1) is 0 Å². The van der Waals surface area contributed by atoms with Crippen molar-refractivity contribution in [3.05, 3.63) is 36.0 Å². The molecule has 0 fully saturated rings. The van der Waals surface area contributed by atoms with Crippen LogP contribution in [-0.2, 0) is 0 Å². The standard InChI is InChI=1S/C10H15N3/c1-13-7-9(6-11)8-2-4-10(12)5-3-8/h2-5,7,13H,6,11-12H2,1H3/b9-7+. The molecule has 0 aliphatic heterocycles. The van der Waals surface area contributed by atoms with Crippen molar-refractivity contribution in [3.63, 3.8) is 0 Å². The first kappa shape index (κ1) is 9.61. The van der Waals surface area contributed by atoms with E-state index in [0.717, 1.165) is 16.8 Å². The second-order valence-electron chi connectivity index (χ2n) is 2.78. The van der Waals surface area contributed by atoms with Gasteiger partial charge in [-0.3, -0.25) is 0 Å². The predicted molar refractivity (Wildman–Crippen MR) is 56.9 cm³/mol. The van der Waals surface area contributed by atoms with Crippen LogP contribution in [0.5, 0.6) is 0 Å². The van der Waals surface area contributed by atoms with Crippen molar-refractivity contribution < 1.29 is 0 Å². The lowest BCUT2D eigenvalue weighted by atomic mass is 10.1. The van der Waals surface area contributed by atoms with Gasteiger partial charge in [0, 0.05) is 25.5 Å². The summed E-state index contributed by atoms with van der Waals surface area (Å²) >= 11 is 0. The molecule has 0 heterocycles. The van der Waals surface area contributed by atoms with Gasteiger partial charge in [-0.2, -0.15) is 0 Å². The van der Waals surface area contributed by atoms with E-state index in [0.29, 0.717) is 6.54 Å². The molecule has 1 rings (SSSR count). The van der Waals surface area contributed by atoms with Crippen molar-refractivity contribution >= 4 is 11.3 Å². The summed E-state index contributed by atoms with van der Waals surface area (Å²) in [6.45, 7) is 0.519. The van der Waals surface area contributed by atoms with Gasteiger partial charge in [0.1, 0.15) is 0 Å². The predicted octanol–water partition coefficient (Wildman–Crippen LogP) is 0.788. The Morgan fingerprint density at radius 1 is 1.38 bits per heavy atom. The highest BCUT2D eigenvalue weighted by Gasteiger charge is 1.97. The Kier molecular flexibility index (Phi) is 3.34. The minimum Gasteiger partial charge on any atom is -0.399 e. The molecule has 3 heteroatoms. The average Bonchev–Trinajstić information content (AvgIpc) is 2.16. The van der Waals surface area contributed by atoms with E-state index in [-0.39, 0.29) is 0 Å². The fourth-order valence-electron chi connectivity index (χ4n) is 1.13. The molecule has 5 N–H and O–H groups in total. The summed E-state index contributed by atoms with van der Waals surface area (Å²) in [5, 5.41) is 2.96. The Morgan fingerprint density at radius 2 is 2.00 bits per heavy atom. The zero-order valence-corrected chi connectivity index (χ0v) is 7.75. The minimum absolute atomic E-state index is 0.519. The molecule has 0 bridgehead atoms. The third-order valence-electron chi connectivity index (χ3n) is 1.82. The SMILES string of the molecule is CN/C=C(\CN)c1ccc(N)cc1. The van der Waals surface area contributed by atoms with Crippen LogP contribution in [0.4, 0.5) is 5.69 Å². The molecule has 70 valence electrons. The Labute approximate surface area is 78.4 Å². The summed E-state index contributed by atoms with van der Waals surface area (Å²) in [4.78, 5) is 0. The molecule has 0 aliphatic carbocycles. The lowest BCUT2D eigenvalue weighted by Crippen LogP contribution is -2.06. The average molecular weight is 177 g/mol. The molecule has 0 saturated carbocycles. The highest BCUT2D eigenvalue weighted by Crippen LogP contribution is 2.13. The number of nitrogens with one attached hydrogen (secondary N) is 1. The zero-order chi connectivity index (χ0) is 9.68. The summed E-state index contributed by atoms with van der Waals surface area (Å²) in [7, 11) is 1.85. The molecular formula is C10H15N3. The number of nitrogen functional groups attached to an aromatic ring is 1. The first-order valence-electron chi connectivity index (χ1n) is 4.20. The van der Waals surface area contributed by atoms with Gasteiger partial charge in [-0.25, -0.2) is 0 Å². The Morgan fingerprint density at radius 3 is 2.46 bits per heavy atom. The first-order valence-corrected chi connectivity index (χ1v) is 4.20. The Balaban J connectivity index is 2.92. The molecule has 1 aromatic rings. The molecule has 1 aromatic carbocycles. The number of hydrogen-bond donors (Lipinski definition) is 3. The summed E-state index contributed by atoms with van der Waals surface area (Å²) in [6.07, 6.45) is 1.89. The van der Waals surface area contributed by atoms with Gasteiger partial charge in [-0.1, -0.05) is 12.1 Å². The van der Waals surface area contributed by atoms with Crippen LogP contribution < -0.4 is 16.8 Å². The number of anilines is 1. The van der Waals surface area contributed by atoms with E-state index >= 15 is 0 Å². The quantitative estimate of drug-likeness (QED) is 0.598. The maximum Gasteiger partial charge on any atom is 0.0314 e. The van der Waals surface area contributed by atoms with Crippen LogP contribution in [0.3, 0.4) is 0 Å². The molecular weight excluding hydrogens is 162 g/mol. The fourth-order valence-corrected chi connectivity index (χ4v) is 1.13. The third kappa shape index (κ3) is 2.49. The second kappa shape index (κ2) is 4.52. The summed E-state index contributed by atoms with van der Waals surface area (Å²) in [5.74, 6) is 0. The molecule has 0 amide bonds. The monoisotopic (exact) mass is 177 g/mol. The van der Waals surface area contributed by atoms with Crippen LogP contribution in [0.2, 0.25) is 0 Å². The molecule has 0 spiro atoms. The van der Waals surface area contributed by atoms with Crippen LogP contribution in [0.15, 0.2) is 30.5 Å². The molecule has 0 radical (unpaired) electrons. The van der Waals surface area contributed by atoms with Crippen LogP contribution in [0, 0.1) is 0 Å². The van der Waals surface area contributed by atoms with Gasteiger partial charge in [-0.15, -0.1) is 0 Å². The van der Waals surface area contributed by atoms with Gasteiger partial charge in [0.25, 0.3) is 0 Å². The molecule has 0 aliphatic rings. The van der Waals surface area contributed by atoms with E-state index in [1.807, 2.05) is 37.5 Å². The number of hydrogen-bond acceptors (Lipinski definition) is 3. The van der Waals surface area contributed by atoms with Gasteiger partial charge in [0.15, 0.2) is 0 Å². The minimum atomic E-state index is 0.519. The van der Waals surface area contributed by atoms with E-state index in [1.54, 1.807) is 0 Å². The molecule has 0 atom stereocenters. The molecule has 3 nitrogen and oxygen atoms in total. The van der Waals surface area contributed by atoms with Gasteiger partial charge < -0.3 is 16.8 Å². The third-order valence-corrected chi connectivity index (χ3v) is 1.82. The van der Waals surface area contributed by atoms with Crippen molar-refractivity contribution in [1.82, 2.24) is 5.32 Å². The smallest absolute Gasteiger partial charge is 0.0314 e. The summed E-state index contributed by atoms with van der Waals surface area (Å²) in [5.41, 5.74) is 14.1. The topological polar surface area (TPSA) is 64.1 Å². The summed E-state index contributed by atoms with van der Waals surface area (Å²) in [6, 6.07) is 7.67. The van der Waals surface area contributed by atoms with Crippen LogP contribution >= 0.6 is 0 Å². The fraction of sp³-hybridized carbons (Fsp3) is 0.200. The largest absolute Gasteiger partial charge is 0.399 e. The molecule has 0 aromatic heterocycles. The molecule has 0 saturated heterocycles. The van der Waals surface area contributed by atoms with E-state index in [9.17, 15) is 0 Å². The van der Waals surface area contributed by atoms with E-state index in [4.69, 9.17) is 11.5 Å². The second-order valence-corrected chi connectivity index (χ2v) is 2.78. The maximum absolute atomic E-state index is 5.59. The highest BCUT2D eigenvalue weighted by atomic mass is 14.8. The number of nitrogens with two attached hydrogens (primary N) is 2. The number of benzene rings is 1. The highest BCUT2D eigenvalue weighted by molar-refractivity contribution is 5.67. The van der Waals surface area contributed by atoms with E-state index in [1.165, 1.54) is 0 Å². The lowest BCUT2D eigenvalue weighted by molar-refractivity contribution is 1.09. The molecule has 13 heavy (non-hydrogen) atoms. The van der Waals surface area contributed by atoms with Crippen LogP contribution in [0.1, 0.15) is 5.56 Å². The van der Waals surface area contributed by atoms with Crippen LogP contribution in [0.25, 0.3) is 5.57 Å². The van der Waals surface area contributed by atoms with Gasteiger partial charge in [0.2, 0.25) is 0 Å². The maximum atomic E-state index is 5.59. The van der Waals surface area contributed by atoms with Crippen molar-refractivity contribution in [1.29, 1.82) is 0 Å².